The smallest absolute Gasteiger partial charge is 0.0936 e. The number of pyridine rings is 2. The third-order valence-electron chi connectivity index (χ3n) is 5.74. The molecule has 3 aromatic rings. The highest BCUT2D eigenvalue weighted by Crippen LogP contribution is 2.27. The van der Waals surface area contributed by atoms with Crippen molar-refractivity contribution in [1.82, 2.24) is 15.3 Å². The number of aryl methyl sites for hydroxylation is 2. The van der Waals surface area contributed by atoms with E-state index in [-0.39, 0.29) is 0 Å². The highest BCUT2D eigenvalue weighted by atomic mass is 15.0. The topological polar surface area (TPSA) is 49.8 Å². The van der Waals surface area contributed by atoms with Gasteiger partial charge in [0.25, 0.3) is 0 Å². The Bertz CT molecular complexity index is 937. The summed E-state index contributed by atoms with van der Waals surface area (Å²) in [5, 5.41) is 8.79. The maximum Gasteiger partial charge on any atom is 0.0936 e. The lowest BCUT2D eigenvalue weighted by Crippen LogP contribution is -2.46. The minimum absolute atomic E-state index is 0.413. The van der Waals surface area contributed by atoms with Crippen LogP contribution >= 0.6 is 0 Å². The van der Waals surface area contributed by atoms with Crippen LogP contribution in [0.4, 0.5) is 5.69 Å². The molecule has 0 bridgehead atoms. The molecule has 1 fully saturated rings. The van der Waals surface area contributed by atoms with Crippen LogP contribution in [0.15, 0.2) is 48.5 Å². The molecule has 0 saturated heterocycles. The Kier molecular flexibility index (Phi) is 5.87. The van der Waals surface area contributed by atoms with Crippen molar-refractivity contribution in [1.29, 1.82) is 0 Å². The molecule has 2 unspecified atom stereocenters. The van der Waals surface area contributed by atoms with E-state index in [1.54, 1.807) is 0 Å². The lowest BCUT2D eigenvalue weighted by Gasteiger charge is -2.34. The molecule has 1 aliphatic rings. The minimum atomic E-state index is 0.413. The van der Waals surface area contributed by atoms with Crippen LogP contribution < -0.4 is 10.6 Å². The number of hydrogen-bond donors (Lipinski definition) is 2. The average molecular weight is 375 g/mol. The summed E-state index contributed by atoms with van der Waals surface area (Å²) >= 11 is 0. The van der Waals surface area contributed by atoms with E-state index >= 15 is 0 Å². The summed E-state index contributed by atoms with van der Waals surface area (Å²) in [6, 6.07) is 17.9. The van der Waals surface area contributed by atoms with E-state index < -0.39 is 0 Å². The summed E-state index contributed by atoms with van der Waals surface area (Å²) in [4.78, 5) is 9.53. The van der Waals surface area contributed by atoms with E-state index in [9.17, 15) is 0 Å². The number of fused-ring (bicyclic) bond motifs is 1. The van der Waals surface area contributed by atoms with Crippen LogP contribution in [-0.2, 0) is 13.0 Å². The molecule has 1 saturated carbocycles. The van der Waals surface area contributed by atoms with Crippen molar-refractivity contribution in [3.05, 3.63) is 65.6 Å². The van der Waals surface area contributed by atoms with Crippen molar-refractivity contribution < 1.29 is 0 Å². The summed E-state index contributed by atoms with van der Waals surface area (Å²) in [5.74, 6) is 0. The highest BCUT2D eigenvalue weighted by molar-refractivity contribution is 5.90. The standard InChI is InChI=1S/C24H30N4/c1-3-19-15-14-18-9-7-13-23(24(18)27-19)28-22-12-5-4-11-21(22)25-16-20-10-6-8-17(2)26-20/h6-10,13-15,21-22,25,28H,3-5,11-12,16H2,1-2H3. The number of rotatable bonds is 6. The van der Waals surface area contributed by atoms with Crippen LogP contribution in [0.3, 0.4) is 0 Å². The van der Waals surface area contributed by atoms with Gasteiger partial charge in [-0.25, -0.2) is 0 Å². The minimum Gasteiger partial charge on any atom is -0.379 e. The molecule has 146 valence electrons. The van der Waals surface area contributed by atoms with Gasteiger partial charge in [0, 0.05) is 35.4 Å². The molecule has 28 heavy (non-hydrogen) atoms. The Morgan fingerprint density at radius 2 is 1.71 bits per heavy atom. The summed E-state index contributed by atoms with van der Waals surface area (Å²) in [5.41, 5.74) is 5.58. The van der Waals surface area contributed by atoms with Crippen molar-refractivity contribution in [2.75, 3.05) is 5.32 Å². The molecule has 2 heterocycles. The maximum atomic E-state index is 4.89. The molecule has 1 aliphatic carbocycles. The molecule has 1 aromatic carbocycles. The van der Waals surface area contributed by atoms with Crippen LogP contribution in [0.2, 0.25) is 0 Å². The lowest BCUT2D eigenvalue weighted by molar-refractivity contribution is 0.341. The summed E-state index contributed by atoms with van der Waals surface area (Å²) in [6.07, 6.45) is 5.90. The first-order valence-corrected chi connectivity index (χ1v) is 10.5. The maximum absolute atomic E-state index is 4.89. The summed E-state index contributed by atoms with van der Waals surface area (Å²) in [6.45, 7) is 5.02. The first-order valence-electron chi connectivity index (χ1n) is 10.5. The van der Waals surface area contributed by atoms with Gasteiger partial charge in [0.1, 0.15) is 0 Å². The highest BCUT2D eigenvalue weighted by Gasteiger charge is 2.25. The summed E-state index contributed by atoms with van der Waals surface area (Å²) in [7, 11) is 0. The van der Waals surface area contributed by atoms with Gasteiger partial charge in [-0.3, -0.25) is 9.97 Å². The molecule has 2 N–H and O–H groups in total. The zero-order chi connectivity index (χ0) is 19.3. The molecule has 0 radical (unpaired) electrons. The van der Waals surface area contributed by atoms with Crippen molar-refractivity contribution in [2.45, 2.75) is 64.6 Å². The zero-order valence-electron chi connectivity index (χ0n) is 16.9. The van der Waals surface area contributed by atoms with Crippen LogP contribution in [-0.4, -0.2) is 22.1 Å². The first kappa shape index (κ1) is 18.9. The van der Waals surface area contributed by atoms with Gasteiger partial charge in [0.2, 0.25) is 0 Å². The van der Waals surface area contributed by atoms with Gasteiger partial charge < -0.3 is 10.6 Å². The third kappa shape index (κ3) is 4.33. The molecule has 0 amide bonds. The van der Waals surface area contributed by atoms with Gasteiger partial charge in [0.05, 0.1) is 16.9 Å². The third-order valence-corrected chi connectivity index (χ3v) is 5.74. The Hall–Kier alpha value is -2.46. The molecule has 0 aliphatic heterocycles. The number of nitrogens with zero attached hydrogens (tertiary/aromatic N) is 2. The van der Waals surface area contributed by atoms with Crippen LogP contribution in [0.1, 0.15) is 49.7 Å². The quantitative estimate of drug-likeness (QED) is 0.636. The van der Waals surface area contributed by atoms with Crippen molar-refractivity contribution in [2.24, 2.45) is 0 Å². The second-order valence-corrected chi connectivity index (χ2v) is 7.83. The molecule has 4 nitrogen and oxygen atoms in total. The fourth-order valence-electron chi connectivity index (χ4n) is 4.18. The van der Waals surface area contributed by atoms with Gasteiger partial charge in [-0.1, -0.05) is 44.0 Å². The molecular weight excluding hydrogens is 344 g/mol. The fourth-order valence-corrected chi connectivity index (χ4v) is 4.18. The SMILES string of the molecule is CCc1ccc2cccc(NC3CCCCC3NCc3cccc(C)n3)c2n1. The fraction of sp³-hybridized carbons (Fsp3) is 0.417. The number of nitrogens with one attached hydrogen (secondary N) is 2. The van der Waals surface area contributed by atoms with Crippen LogP contribution in [0.25, 0.3) is 10.9 Å². The van der Waals surface area contributed by atoms with Crippen molar-refractivity contribution in [3.63, 3.8) is 0 Å². The monoisotopic (exact) mass is 374 g/mol. The van der Waals surface area contributed by atoms with Gasteiger partial charge in [-0.05, 0) is 50.5 Å². The van der Waals surface area contributed by atoms with Crippen LogP contribution in [0.5, 0.6) is 0 Å². The predicted octanol–water partition coefficient (Wildman–Crippen LogP) is 5.01. The Balaban J connectivity index is 1.51. The van der Waals surface area contributed by atoms with E-state index in [2.05, 4.69) is 65.0 Å². The molecule has 2 atom stereocenters. The number of anilines is 1. The zero-order valence-corrected chi connectivity index (χ0v) is 16.9. The Labute approximate surface area is 167 Å². The van der Waals surface area contributed by atoms with Crippen molar-refractivity contribution >= 4 is 16.6 Å². The van der Waals surface area contributed by atoms with Gasteiger partial charge in [-0.15, -0.1) is 0 Å². The lowest BCUT2D eigenvalue weighted by atomic mass is 9.90. The van der Waals surface area contributed by atoms with E-state index in [4.69, 9.17) is 4.98 Å². The second-order valence-electron chi connectivity index (χ2n) is 7.83. The van der Waals surface area contributed by atoms with Crippen molar-refractivity contribution in [3.8, 4) is 0 Å². The molecule has 0 spiro atoms. The normalized spacial score (nSPS) is 19.6. The van der Waals surface area contributed by atoms with Crippen LogP contribution in [0, 0.1) is 6.92 Å². The summed E-state index contributed by atoms with van der Waals surface area (Å²) < 4.78 is 0. The molecule has 4 rings (SSSR count). The predicted molar refractivity (Wildman–Crippen MR) is 117 cm³/mol. The second kappa shape index (κ2) is 8.70. The first-order chi connectivity index (χ1) is 13.7. The van der Waals surface area contributed by atoms with E-state index in [1.165, 1.54) is 31.1 Å². The van der Waals surface area contributed by atoms with E-state index in [0.717, 1.165) is 41.3 Å². The Morgan fingerprint density at radius 1 is 0.893 bits per heavy atom. The molecular formula is C24H30N4. The number of benzene rings is 1. The molecule has 4 heteroatoms. The largest absolute Gasteiger partial charge is 0.379 e. The average Bonchev–Trinajstić information content (AvgIpc) is 2.73. The van der Waals surface area contributed by atoms with Gasteiger partial charge in [-0.2, -0.15) is 0 Å². The van der Waals surface area contributed by atoms with E-state index in [1.807, 2.05) is 13.0 Å². The Morgan fingerprint density at radius 3 is 2.54 bits per heavy atom. The van der Waals surface area contributed by atoms with Gasteiger partial charge >= 0.3 is 0 Å². The van der Waals surface area contributed by atoms with Gasteiger partial charge in [0.15, 0.2) is 0 Å². The number of para-hydroxylation sites is 1. The number of hydrogen-bond acceptors (Lipinski definition) is 4. The number of aromatic nitrogens is 2. The van der Waals surface area contributed by atoms with E-state index in [0.29, 0.717) is 12.1 Å². The molecule has 2 aromatic heterocycles.